The van der Waals surface area contributed by atoms with Crippen molar-refractivity contribution in [3.05, 3.63) is 151 Å². The highest BCUT2D eigenvalue weighted by Gasteiger charge is 2.12. The second kappa shape index (κ2) is 14.4. The van der Waals surface area contributed by atoms with E-state index >= 15 is 0 Å². The molecule has 180 valence electrons. The van der Waals surface area contributed by atoms with Gasteiger partial charge in [-0.2, -0.15) is 0 Å². The average Bonchev–Trinajstić information content (AvgIpc) is 2.91. The molecule has 0 radical (unpaired) electrons. The number of rotatable bonds is 8. The van der Waals surface area contributed by atoms with Gasteiger partial charge < -0.3 is 4.90 Å². The molecule has 0 heterocycles. The Morgan fingerprint density at radius 1 is 0.857 bits per heavy atom. The summed E-state index contributed by atoms with van der Waals surface area (Å²) in [6, 6.07) is 19.4. The summed E-state index contributed by atoms with van der Waals surface area (Å²) in [6.45, 7) is 18.4. The van der Waals surface area contributed by atoms with E-state index < -0.39 is 0 Å². The van der Waals surface area contributed by atoms with Crippen LogP contribution in [0.3, 0.4) is 0 Å². The molecule has 2 aromatic rings. The maximum Gasteiger partial charge on any atom is 0.0458 e. The van der Waals surface area contributed by atoms with Gasteiger partial charge in [-0.3, -0.25) is 0 Å². The van der Waals surface area contributed by atoms with Crippen molar-refractivity contribution >= 4 is 16.8 Å². The standard InChI is InChI=1S/C32H35N.C2H4/c1-6-31(22-17-25(2)3)33(27(5)19-18-26(4)28-13-9-7-10-14-28)32-23-20-30(21-24-32)29-15-11-8-12-16-29;1-2/h6-7,9-11,13-24H,2,8,12H2,1,3-5H3;1-2H2/b22-17-,26-18+,27-19+,31-6+;. The van der Waals surface area contributed by atoms with Gasteiger partial charge in [-0.1, -0.05) is 91.1 Å². The normalized spacial score (nSPS) is 14.3. The van der Waals surface area contributed by atoms with Crippen LogP contribution in [0.4, 0.5) is 5.69 Å². The van der Waals surface area contributed by atoms with E-state index in [-0.39, 0.29) is 0 Å². The molecule has 1 aliphatic rings. The first-order valence-corrected chi connectivity index (χ1v) is 12.2. The summed E-state index contributed by atoms with van der Waals surface area (Å²) in [5, 5.41) is 0. The molecular weight excluding hydrogens is 422 g/mol. The van der Waals surface area contributed by atoms with Gasteiger partial charge in [0.25, 0.3) is 0 Å². The molecular formula is C34H39N. The number of nitrogens with zero attached hydrogens (tertiary/aromatic N) is 1. The molecule has 0 N–H and O–H groups in total. The van der Waals surface area contributed by atoms with E-state index in [0.717, 1.165) is 35.5 Å². The molecule has 0 saturated heterocycles. The third-order valence-electron chi connectivity index (χ3n) is 5.70. The van der Waals surface area contributed by atoms with Gasteiger partial charge in [-0.05, 0) is 87.1 Å². The fourth-order valence-electron chi connectivity index (χ4n) is 3.83. The molecule has 0 bridgehead atoms. The number of benzene rings is 2. The lowest BCUT2D eigenvalue weighted by atomic mass is 9.99. The van der Waals surface area contributed by atoms with Crippen LogP contribution in [0, 0.1) is 0 Å². The highest BCUT2D eigenvalue weighted by atomic mass is 15.1. The average molecular weight is 462 g/mol. The van der Waals surface area contributed by atoms with Gasteiger partial charge in [-0.25, -0.2) is 0 Å². The van der Waals surface area contributed by atoms with Gasteiger partial charge in [0.2, 0.25) is 0 Å². The molecule has 35 heavy (non-hydrogen) atoms. The van der Waals surface area contributed by atoms with Crippen LogP contribution >= 0.6 is 0 Å². The summed E-state index contributed by atoms with van der Waals surface area (Å²) in [5.74, 6) is 0. The summed E-state index contributed by atoms with van der Waals surface area (Å²) in [6.07, 6.45) is 19.8. The zero-order chi connectivity index (χ0) is 25.6. The lowest BCUT2D eigenvalue weighted by Crippen LogP contribution is -2.19. The van der Waals surface area contributed by atoms with Crippen LogP contribution in [0.15, 0.2) is 140 Å². The zero-order valence-corrected chi connectivity index (χ0v) is 21.8. The third-order valence-corrected chi connectivity index (χ3v) is 5.70. The quantitative estimate of drug-likeness (QED) is 0.279. The first-order chi connectivity index (χ1) is 17.0. The summed E-state index contributed by atoms with van der Waals surface area (Å²) in [5.41, 5.74) is 9.47. The van der Waals surface area contributed by atoms with Crippen molar-refractivity contribution in [2.45, 2.75) is 40.5 Å². The Labute approximate surface area is 213 Å². The summed E-state index contributed by atoms with van der Waals surface area (Å²) >= 11 is 0. The van der Waals surface area contributed by atoms with E-state index in [1.54, 1.807) is 0 Å². The van der Waals surface area contributed by atoms with Crippen molar-refractivity contribution in [3.8, 4) is 0 Å². The van der Waals surface area contributed by atoms with Crippen LogP contribution in [0.1, 0.15) is 51.7 Å². The lowest BCUT2D eigenvalue weighted by Gasteiger charge is -2.27. The van der Waals surface area contributed by atoms with Crippen LogP contribution in [-0.4, -0.2) is 0 Å². The molecule has 3 rings (SSSR count). The third kappa shape index (κ3) is 8.15. The summed E-state index contributed by atoms with van der Waals surface area (Å²) in [4.78, 5) is 2.29. The van der Waals surface area contributed by atoms with Crippen LogP contribution in [0.2, 0.25) is 0 Å². The summed E-state index contributed by atoms with van der Waals surface area (Å²) in [7, 11) is 0. The predicted molar refractivity (Wildman–Crippen MR) is 158 cm³/mol. The van der Waals surface area contributed by atoms with Crippen molar-refractivity contribution in [2.75, 3.05) is 4.90 Å². The first-order valence-electron chi connectivity index (χ1n) is 12.2. The van der Waals surface area contributed by atoms with Crippen LogP contribution in [-0.2, 0) is 0 Å². The Morgan fingerprint density at radius 2 is 1.54 bits per heavy atom. The predicted octanol–water partition coefficient (Wildman–Crippen LogP) is 10.1. The van der Waals surface area contributed by atoms with Crippen molar-refractivity contribution in [2.24, 2.45) is 0 Å². The summed E-state index contributed by atoms with van der Waals surface area (Å²) < 4.78 is 0. The van der Waals surface area contributed by atoms with Gasteiger partial charge in [0.1, 0.15) is 0 Å². The van der Waals surface area contributed by atoms with Crippen LogP contribution in [0.5, 0.6) is 0 Å². The van der Waals surface area contributed by atoms with Crippen molar-refractivity contribution < 1.29 is 0 Å². The lowest BCUT2D eigenvalue weighted by molar-refractivity contribution is 1.04. The van der Waals surface area contributed by atoms with Crippen LogP contribution in [0.25, 0.3) is 11.1 Å². The van der Waals surface area contributed by atoms with Crippen molar-refractivity contribution in [3.63, 3.8) is 0 Å². The molecule has 0 atom stereocenters. The molecule has 0 fully saturated rings. The van der Waals surface area contributed by atoms with Crippen LogP contribution < -0.4 is 4.90 Å². The van der Waals surface area contributed by atoms with E-state index in [2.05, 4.69) is 149 Å². The molecule has 0 aliphatic heterocycles. The molecule has 0 unspecified atom stereocenters. The minimum Gasteiger partial charge on any atom is -0.315 e. The molecule has 1 heteroatoms. The van der Waals surface area contributed by atoms with Gasteiger partial charge in [0, 0.05) is 17.1 Å². The maximum atomic E-state index is 4.03. The maximum absolute atomic E-state index is 4.03. The number of allylic oxidation sites excluding steroid dienone is 12. The molecule has 1 aliphatic carbocycles. The molecule has 0 amide bonds. The second-order valence-corrected chi connectivity index (χ2v) is 8.44. The van der Waals surface area contributed by atoms with E-state index in [4.69, 9.17) is 0 Å². The Balaban J connectivity index is 0.00000210. The highest BCUT2D eigenvalue weighted by molar-refractivity contribution is 5.76. The Hall–Kier alpha value is -3.84. The first kappa shape index (κ1) is 27.4. The smallest absolute Gasteiger partial charge is 0.0458 e. The van der Waals surface area contributed by atoms with Crippen molar-refractivity contribution in [1.82, 2.24) is 0 Å². The van der Waals surface area contributed by atoms with Gasteiger partial charge in [-0.15, -0.1) is 13.2 Å². The minimum atomic E-state index is 1.03. The Kier molecular flexibility index (Phi) is 11.3. The van der Waals surface area contributed by atoms with Gasteiger partial charge >= 0.3 is 0 Å². The van der Waals surface area contributed by atoms with Crippen molar-refractivity contribution in [1.29, 1.82) is 0 Å². The molecule has 1 nitrogen and oxygen atoms in total. The van der Waals surface area contributed by atoms with Gasteiger partial charge in [0.05, 0.1) is 0 Å². The monoisotopic (exact) mass is 461 g/mol. The number of hydrogen-bond donors (Lipinski definition) is 0. The number of anilines is 1. The Morgan fingerprint density at radius 3 is 2.11 bits per heavy atom. The second-order valence-electron chi connectivity index (χ2n) is 8.44. The Bertz CT molecular complexity index is 1150. The molecule has 0 spiro atoms. The highest BCUT2D eigenvalue weighted by Crippen LogP contribution is 2.29. The van der Waals surface area contributed by atoms with E-state index in [1.165, 1.54) is 22.3 Å². The van der Waals surface area contributed by atoms with E-state index in [1.807, 2.05) is 6.92 Å². The molecule has 2 aromatic carbocycles. The SMILES string of the molecule is C=C.C=C(C)/C=C\C(=C/C)N(/C(C)=C/C=C(\C)c1ccccc1)c1ccc(C2=CCCC=C2)cc1. The molecule has 0 aromatic heterocycles. The number of hydrogen-bond acceptors (Lipinski definition) is 1. The fourth-order valence-corrected chi connectivity index (χ4v) is 3.83. The van der Waals surface area contributed by atoms with E-state index in [0.29, 0.717) is 0 Å². The molecule has 0 saturated carbocycles. The van der Waals surface area contributed by atoms with Gasteiger partial charge in [0.15, 0.2) is 0 Å². The zero-order valence-electron chi connectivity index (χ0n) is 21.8. The fraction of sp³-hybridized carbons (Fsp3) is 0.176. The minimum absolute atomic E-state index is 1.03. The van der Waals surface area contributed by atoms with E-state index in [9.17, 15) is 0 Å². The topological polar surface area (TPSA) is 3.24 Å². The largest absolute Gasteiger partial charge is 0.315 e.